The standard InChI is InChI=1S/C15H22BrN5O2/c1-15(2,3)23-14(22)21-7-6-20(9-11(21)10-4-5-10)13-17-8-12(16)18-19-13/h8,10-11H,4-7,9H2,1-3H3/t11-/m1/s1. The molecule has 0 radical (unpaired) electrons. The monoisotopic (exact) mass is 383 g/mol. The van der Waals surface area contributed by atoms with E-state index in [-0.39, 0.29) is 12.1 Å². The summed E-state index contributed by atoms with van der Waals surface area (Å²) in [5, 5.41) is 8.13. The maximum absolute atomic E-state index is 12.5. The number of ether oxygens (including phenoxy) is 1. The Bertz CT molecular complexity index is 570. The second-order valence-electron chi connectivity index (χ2n) is 7.11. The Morgan fingerprint density at radius 3 is 2.61 bits per heavy atom. The first-order valence-electron chi connectivity index (χ1n) is 7.93. The van der Waals surface area contributed by atoms with E-state index in [4.69, 9.17) is 4.74 Å². The van der Waals surface area contributed by atoms with Crippen LogP contribution in [0.15, 0.2) is 10.8 Å². The molecule has 0 aromatic carbocycles. The number of carbonyl (C=O) groups excluding carboxylic acids is 1. The van der Waals surface area contributed by atoms with Gasteiger partial charge in [0.25, 0.3) is 0 Å². The van der Waals surface area contributed by atoms with E-state index in [2.05, 4.69) is 36.0 Å². The predicted octanol–water partition coefficient (Wildman–Crippen LogP) is 2.47. The Morgan fingerprint density at radius 1 is 1.30 bits per heavy atom. The fourth-order valence-electron chi connectivity index (χ4n) is 2.82. The summed E-state index contributed by atoms with van der Waals surface area (Å²) in [6, 6.07) is 0.158. The third-order valence-corrected chi connectivity index (χ3v) is 4.38. The van der Waals surface area contributed by atoms with Gasteiger partial charge < -0.3 is 14.5 Å². The zero-order valence-electron chi connectivity index (χ0n) is 13.7. The minimum Gasteiger partial charge on any atom is -0.444 e. The molecular formula is C15H22BrN5O2. The molecule has 1 aromatic heterocycles. The number of halogens is 1. The van der Waals surface area contributed by atoms with Crippen LogP contribution in [0.3, 0.4) is 0 Å². The van der Waals surface area contributed by atoms with Crippen LogP contribution in [0, 0.1) is 5.92 Å². The summed E-state index contributed by atoms with van der Waals surface area (Å²) >= 11 is 3.25. The molecule has 1 aliphatic heterocycles. The SMILES string of the molecule is CC(C)(C)OC(=O)N1CCN(c2ncc(Br)nn2)C[C@@H]1C1CC1. The largest absolute Gasteiger partial charge is 0.444 e. The fourth-order valence-corrected chi connectivity index (χ4v) is 3.01. The number of hydrogen-bond acceptors (Lipinski definition) is 6. The Morgan fingerprint density at radius 2 is 2.04 bits per heavy atom. The molecule has 1 amide bonds. The first-order chi connectivity index (χ1) is 10.8. The molecule has 2 heterocycles. The quantitative estimate of drug-likeness (QED) is 0.780. The third kappa shape index (κ3) is 4.10. The average molecular weight is 384 g/mol. The molecule has 2 aliphatic rings. The molecule has 1 aliphatic carbocycles. The van der Waals surface area contributed by atoms with Crippen LogP contribution in [0.4, 0.5) is 10.7 Å². The van der Waals surface area contributed by atoms with Crippen LogP contribution in [0.1, 0.15) is 33.6 Å². The smallest absolute Gasteiger partial charge is 0.410 e. The van der Waals surface area contributed by atoms with Crippen LogP contribution in [0.2, 0.25) is 0 Å². The first-order valence-corrected chi connectivity index (χ1v) is 8.72. The number of carbonyl (C=O) groups is 1. The van der Waals surface area contributed by atoms with Gasteiger partial charge in [-0.1, -0.05) is 0 Å². The number of nitrogens with zero attached hydrogens (tertiary/aromatic N) is 5. The summed E-state index contributed by atoms with van der Waals surface area (Å²) < 4.78 is 6.18. The van der Waals surface area contributed by atoms with Crippen LogP contribution < -0.4 is 4.90 Å². The molecular weight excluding hydrogens is 362 g/mol. The topological polar surface area (TPSA) is 71.5 Å². The molecule has 1 saturated heterocycles. The lowest BCUT2D eigenvalue weighted by Crippen LogP contribution is -2.57. The number of hydrogen-bond donors (Lipinski definition) is 0. The van der Waals surface area contributed by atoms with Gasteiger partial charge in [0.05, 0.1) is 12.2 Å². The average Bonchev–Trinajstić information content (AvgIpc) is 3.30. The molecule has 8 heteroatoms. The van der Waals surface area contributed by atoms with Crippen LogP contribution in [0.25, 0.3) is 0 Å². The second kappa shape index (κ2) is 6.22. The summed E-state index contributed by atoms with van der Waals surface area (Å²) in [5.41, 5.74) is -0.471. The van der Waals surface area contributed by atoms with E-state index in [0.29, 0.717) is 29.6 Å². The summed E-state index contributed by atoms with van der Waals surface area (Å²) in [6.07, 6.45) is 3.76. The molecule has 0 spiro atoms. The first kappa shape index (κ1) is 16.4. The zero-order chi connectivity index (χ0) is 16.6. The van der Waals surface area contributed by atoms with E-state index in [9.17, 15) is 4.79 Å². The summed E-state index contributed by atoms with van der Waals surface area (Å²) in [6.45, 7) is 7.73. The number of rotatable bonds is 2. The molecule has 0 unspecified atom stereocenters. The Labute approximate surface area is 144 Å². The molecule has 23 heavy (non-hydrogen) atoms. The van der Waals surface area contributed by atoms with Crippen LogP contribution in [0.5, 0.6) is 0 Å². The van der Waals surface area contributed by atoms with E-state index in [1.165, 1.54) is 0 Å². The third-order valence-electron chi connectivity index (χ3n) is 4.02. The summed E-state index contributed by atoms with van der Waals surface area (Å²) in [5.74, 6) is 1.16. The molecule has 0 bridgehead atoms. The van der Waals surface area contributed by atoms with Crippen molar-refractivity contribution < 1.29 is 9.53 Å². The number of piperazine rings is 1. The summed E-state index contributed by atoms with van der Waals surface area (Å²) in [7, 11) is 0. The lowest BCUT2D eigenvalue weighted by Gasteiger charge is -2.41. The molecule has 3 rings (SSSR count). The number of aromatic nitrogens is 3. The van der Waals surface area contributed by atoms with Crippen molar-refractivity contribution >= 4 is 28.0 Å². The molecule has 1 saturated carbocycles. The van der Waals surface area contributed by atoms with E-state index >= 15 is 0 Å². The van der Waals surface area contributed by atoms with Gasteiger partial charge in [0.2, 0.25) is 5.95 Å². The highest BCUT2D eigenvalue weighted by atomic mass is 79.9. The Hall–Kier alpha value is -1.44. The van der Waals surface area contributed by atoms with Crippen molar-refractivity contribution in [2.75, 3.05) is 24.5 Å². The highest BCUT2D eigenvalue weighted by molar-refractivity contribution is 9.10. The van der Waals surface area contributed by atoms with Crippen molar-refractivity contribution in [3.63, 3.8) is 0 Å². The van der Waals surface area contributed by atoms with E-state index in [0.717, 1.165) is 19.4 Å². The van der Waals surface area contributed by atoms with Gasteiger partial charge in [0.15, 0.2) is 0 Å². The normalized spacial score (nSPS) is 22.2. The van der Waals surface area contributed by atoms with Crippen molar-refractivity contribution in [2.45, 2.75) is 45.3 Å². The molecule has 1 aromatic rings. The minimum atomic E-state index is -0.471. The van der Waals surface area contributed by atoms with Crippen molar-refractivity contribution in [3.8, 4) is 0 Å². The maximum Gasteiger partial charge on any atom is 0.410 e. The van der Waals surface area contributed by atoms with Crippen LogP contribution in [-0.4, -0.2) is 57.5 Å². The van der Waals surface area contributed by atoms with Crippen molar-refractivity contribution in [1.82, 2.24) is 20.1 Å². The second-order valence-corrected chi connectivity index (χ2v) is 7.92. The van der Waals surface area contributed by atoms with Gasteiger partial charge in [0, 0.05) is 19.6 Å². The van der Waals surface area contributed by atoms with Crippen LogP contribution >= 0.6 is 15.9 Å². The predicted molar refractivity (Wildman–Crippen MR) is 89.2 cm³/mol. The molecule has 7 nitrogen and oxygen atoms in total. The fraction of sp³-hybridized carbons (Fsp3) is 0.733. The van der Waals surface area contributed by atoms with E-state index < -0.39 is 5.60 Å². The lowest BCUT2D eigenvalue weighted by atomic mass is 10.1. The molecule has 2 fully saturated rings. The van der Waals surface area contributed by atoms with Crippen molar-refractivity contribution in [1.29, 1.82) is 0 Å². The van der Waals surface area contributed by atoms with Gasteiger partial charge in [-0.05, 0) is 55.5 Å². The zero-order valence-corrected chi connectivity index (χ0v) is 15.3. The van der Waals surface area contributed by atoms with Gasteiger partial charge in [-0.25, -0.2) is 9.78 Å². The van der Waals surface area contributed by atoms with Gasteiger partial charge in [-0.15, -0.1) is 10.2 Å². The van der Waals surface area contributed by atoms with Gasteiger partial charge in [0.1, 0.15) is 10.2 Å². The highest BCUT2D eigenvalue weighted by Crippen LogP contribution is 2.37. The van der Waals surface area contributed by atoms with E-state index in [1.807, 2.05) is 25.7 Å². The Kier molecular flexibility index (Phi) is 4.44. The van der Waals surface area contributed by atoms with Crippen LogP contribution in [-0.2, 0) is 4.74 Å². The minimum absolute atomic E-state index is 0.158. The number of anilines is 1. The summed E-state index contributed by atoms with van der Waals surface area (Å²) in [4.78, 5) is 20.8. The van der Waals surface area contributed by atoms with E-state index in [1.54, 1.807) is 6.20 Å². The van der Waals surface area contributed by atoms with Crippen molar-refractivity contribution in [3.05, 3.63) is 10.8 Å². The lowest BCUT2D eigenvalue weighted by molar-refractivity contribution is 0.0115. The molecule has 0 N–H and O–H groups in total. The highest BCUT2D eigenvalue weighted by Gasteiger charge is 2.42. The van der Waals surface area contributed by atoms with Gasteiger partial charge in [-0.2, -0.15) is 0 Å². The van der Waals surface area contributed by atoms with Gasteiger partial charge >= 0.3 is 6.09 Å². The Balaban J connectivity index is 1.71. The van der Waals surface area contributed by atoms with Gasteiger partial charge in [-0.3, -0.25) is 0 Å². The van der Waals surface area contributed by atoms with Crippen molar-refractivity contribution in [2.24, 2.45) is 5.92 Å². The number of amides is 1. The maximum atomic E-state index is 12.5. The molecule has 126 valence electrons. The molecule has 1 atom stereocenters.